The van der Waals surface area contributed by atoms with Gasteiger partial charge in [-0.1, -0.05) is 6.92 Å². The van der Waals surface area contributed by atoms with Crippen molar-refractivity contribution in [2.45, 2.75) is 26.2 Å². The molecule has 4 heteroatoms. The van der Waals surface area contributed by atoms with E-state index >= 15 is 0 Å². The third-order valence-corrected chi connectivity index (χ3v) is 3.25. The zero-order valence-electron chi connectivity index (χ0n) is 11.0. The molecule has 0 bridgehead atoms. The molecular formula is C14H20N2O2. The summed E-state index contributed by atoms with van der Waals surface area (Å²) in [5.41, 5.74) is 1.91. The maximum atomic E-state index is 11.4. The quantitative estimate of drug-likeness (QED) is 0.890. The lowest BCUT2D eigenvalue weighted by molar-refractivity contribution is -0.115. The highest BCUT2D eigenvalue weighted by atomic mass is 16.5. The Morgan fingerprint density at radius 3 is 2.72 bits per heavy atom. The van der Waals surface area contributed by atoms with E-state index in [2.05, 4.69) is 10.2 Å². The van der Waals surface area contributed by atoms with Gasteiger partial charge in [0.15, 0.2) is 0 Å². The van der Waals surface area contributed by atoms with Gasteiger partial charge in [-0.05, 0) is 25.0 Å². The molecule has 1 N–H and O–H groups in total. The zero-order valence-corrected chi connectivity index (χ0v) is 11.0. The lowest BCUT2D eigenvalue weighted by Gasteiger charge is -2.19. The number of methoxy groups -OCH3 is 1. The third-order valence-electron chi connectivity index (χ3n) is 3.25. The van der Waals surface area contributed by atoms with Crippen LogP contribution in [0.25, 0.3) is 0 Å². The second-order valence-electron chi connectivity index (χ2n) is 4.48. The summed E-state index contributed by atoms with van der Waals surface area (Å²) in [5, 5.41) is 2.85. The fraction of sp³-hybridized carbons (Fsp3) is 0.500. The number of hydrogen-bond acceptors (Lipinski definition) is 3. The fourth-order valence-electron chi connectivity index (χ4n) is 2.19. The molecule has 1 heterocycles. The van der Waals surface area contributed by atoms with Crippen molar-refractivity contribution in [3.63, 3.8) is 0 Å². The van der Waals surface area contributed by atoms with Crippen LogP contribution in [0.15, 0.2) is 18.2 Å². The van der Waals surface area contributed by atoms with Crippen LogP contribution in [-0.4, -0.2) is 26.1 Å². The van der Waals surface area contributed by atoms with Crippen molar-refractivity contribution in [3.8, 4) is 5.75 Å². The first-order valence-electron chi connectivity index (χ1n) is 6.47. The molecule has 1 aromatic rings. The number of amides is 1. The van der Waals surface area contributed by atoms with Gasteiger partial charge in [0.25, 0.3) is 0 Å². The lowest BCUT2D eigenvalue weighted by Crippen LogP contribution is -2.18. The van der Waals surface area contributed by atoms with E-state index in [1.807, 2.05) is 25.1 Å². The van der Waals surface area contributed by atoms with Crippen molar-refractivity contribution < 1.29 is 9.53 Å². The van der Waals surface area contributed by atoms with Gasteiger partial charge in [0.2, 0.25) is 5.91 Å². The van der Waals surface area contributed by atoms with Crippen molar-refractivity contribution in [1.82, 2.24) is 0 Å². The van der Waals surface area contributed by atoms with Gasteiger partial charge in [0.05, 0.1) is 12.8 Å². The average Bonchev–Trinajstić information content (AvgIpc) is 2.93. The van der Waals surface area contributed by atoms with E-state index < -0.39 is 0 Å². The maximum absolute atomic E-state index is 11.4. The summed E-state index contributed by atoms with van der Waals surface area (Å²) in [5.74, 6) is 0.725. The summed E-state index contributed by atoms with van der Waals surface area (Å²) >= 11 is 0. The Kier molecular flexibility index (Phi) is 4.07. The number of benzene rings is 1. The van der Waals surface area contributed by atoms with Gasteiger partial charge in [-0.25, -0.2) is 0 Å². The first-order chi connectivity index (χ1) is 8.74. The Labute approximate surface area is 108 Å². The van der Waals surface area contributed by atoms with Crippen LogP contribution in [0.5, 0.6) is 5.75 Å². The number of carbonyl (C=O) groups is 1. The number of hydrogen-bond donors (Lipinski definition) is 1. The number of nitrogens with one attached hydrogen (secondary N) is 1. The molecule has 0 unspecified atom stereocenters. The molecule has 4 nitrogen and oxygen atoms in total. The van der Waals surface area contributed by atoms with Crippen LogP contribution in [0.2, 0.25) is 0 Å². The normalized spacial score (nSPS) is 14.7. The van der Waals surface area contributed by atoms with E-state index in [4.69, 9.17) is 4.74 Å². The number of rotatable bonds is 4. The van der Waals surface area contributed by atoms with Crippen molar-refractivity contribution in [3.05, 3.63) is 18.2 Å². The van der Waals surface area contributed by atoms with E-state index in [-0.39, 0.29) is 5.91 Å². The van der Waals surface area contributed by atoms with E-state index in [9.17, 15) is 4.79 Å². The van der Waals surface area contributed by atoms with Crippen LogP contribution in [0.3, 0.4) is 0 Å². The Morgan fingerprint density at radius 2 is 2.11 bits per heavy atom. The highest BCUT2D eigenvalue weighted by Gasteiger charge is 2.14. The van der Waals surface area contributed by atoms with E-state index in [1.165, 1.54) is 18.5 Å². The smallest absolute Gasteiger partial charge is 0.224 e. The molecule has 98 valence electrons. The molecule has 0 saturated carbocycles. The van der Waals surface area contributed by atoms with Gasteiger partial charge in [0.1, 0.15) is 5.75 Å². The average molecular weight is 248 g/mol. The first kappa shape index (κ1) is 12.7. The molecule has 2 rings (SSSR count). The second-order valence-corrected chi connectivity index (χ2v) is 4.48. The van der Waals surface area contributed by atoms with Crippen molar-refractivity contribution in [2.75, 3.05) is 30.4 Å². The monoisotopic (exact) mass is 248 g/mol. The summed E-state index contributed by atoms with van der Waals surface area (Å²) in [6, 6.07) is 5.95. The van der Waals surface area contributed by atoms with Crippen LogP contribution < -0.4 is 15.0 Å². The molecule has 1 aromatic carbocycles. The Balaban J connectivity index is 2.19. The minimum atomic E-state index is 0.00206. The maximum Gasteiger partial charge on any atom is 0.224 e. The topological polar surface area (TPSA) is 41.6 Å². The van der Waals surface area contributed by atoms with Gasteiger partial charge in [0, 0.05) is 31.3 Å². The molecule has 0 radical (unpaired) electrons. The summed E-state index contributed by atoms with van der Waals surface area (Å²) in [6.07, 6.45) is 2.96. The number of carbonyl (C=O) groups excluding carboxylic acids is 1. The minimum Gasteiger partial charge on any atom is -0.494 e. The molecule has 1 fully saturated rings. The zero-order chi connectivity index (χ0) is 13.0. The Hall–Kier alpha value is -1.71. The Bertz CT molecular complexity index is 426. The van der Waals surface area contributed by atoms with E-state index in [0.29, 0.717) is 6.42 Å². The standard InChI is InChI=1S/C14H20N2O2/c1-3-14(17)15-12-7-6-11(10-13(12)18-2)16-8-4-5-9-16/h6-7,10H,3-5,8-9H2,1-2H3,(H,15,17). The number of ether oxygens (including phenoxy) is 1. The molecule has 0 spiro atoms. The van der Waals surface area contributed by atoms with E-state index in [1.54, 1.807) is 7.11 Å². The molecule has 0 aliphatic carbocycles. The largest absolute Gasteiger partial charge is 0.494 e. The second kappa shape index (κ2) is 5.76. The summed E-state index contributed by atoms with van der Waals surface area (Å²) < 4.78 is 5.35. The summed E-state index contributed by atoms with van der Waals surface area (Å²) in [6.45, 7) is 4.04. The molecule has 0 atom stereocenters. The minimum absolute atomic E-state index is 0.00206. The van der Waals surface area contributed by atoms with Crippen LogP contribution in [0.1, 0.15) is 26.2 Å². The molecule has 1 aliphatic heterocycles. The van der Waals surface area contributed by atoms with Crippen molar-refractivity contribution in [1.29, 1.82) is 0 Å². The summed E-state index contributed by atoms with van der Waals surface area (Å²) in [4.78, 5) is 13.8. The van der Waals surface area contributed by atoms with Crippen LogP contribution in [0.4, 0.5) is 11.4 Å². The predicted molar refractivity (Wildman–Crippen MR) is 73.4 cm³/mol. The molecule has 0 aromatic heterocycles. The predicted octanol–water partition coefficient (Wildman–Crippen LogP) is 2.64. The molecular weight excluding hydrogens is 228 g/mol. The molecule has 1 aliphatic rings. The van der Waals surface area contributed by atoms with Crippen LogP contribution in [0, 0.1) is 0 Å². The third kappa shape index (κ3) is 2.75. The Morgan fingerprint density at radius 1 is 1.39 bits per heavy atom. The lowest BCUT2D eigenvalue weighted by atomic mass is 10.2. The highest BCUT2D eigenvalue weighted by Crippen LogP contribution is 2.31. The molecule has 1 saturated heterocycles. The molecule has 18 heavy (non-hydrogen) atoms. The van der Waals surface area contributed by atoms with Gasteiger partial charge < -0.3 is 15.0 Å². The van der Waals surface area contributed by atoms with Crippen molar-refractivity contribution in [2.24, 2.45) is 0 Å². The summed E-state index contributed by atoms with van der Waals surface area (Å²) in [7, 11) is 1.63. The van der Waals surface area contributed by atoms with Crippen LogP contribution in [-0.2, 0) is 4.79 Å². The van der Waals surface area contributed by atoms with Gasteiger partial charge in [-0.2, -0.15) is 0 Å². The van der Waals surface area contributed by atoms with Gasteiger partial charge in [-0.3, -0.25) is 4.79 Å². The fourth-order valence-corrected chi connectivity index (χ4v) is 2.19. The van der Waals surface area contributed by atoms with Crippen molar-refractivity contribution >= 4 is 17.3 Å². The van der Waals surface area contributed by atoms with E-state index in [0.717, 1.165) is 24.5 Å². The van der Waals surface area contributed by atoms with Gasteiger partial charge >= 0.3 is 0 Å². The van der Waals surface area contributed by atoms with Gasteiger partial charge in [-0.15, -0.1) is 0 Å². The highest BCUT2D eigenvalue weighted by molar-refractivity contribution is 5.92. The van der Waals surface area contributed by atoms with Crippen LogP contribution >= 0.6 is 0 Å². The SMILES string of the molecule is CCC(=O)Nc1ccc(N2CCCC2)cc1OC. The number of nitrogens with zero attached hydrogens (tertiary/aromatic N) is 1. The first-order valence-corrected chi connectivity index (χ1v) is 6.47. The number of anilines is 2. The molecule has 1 amide bonds.